The lowest BCUT2D eigenvalue weighted by molar-refractivity contribution is -0.429. The van der Waals surface area contributed by atoms with Gasteiger partial charge in [-0.3, -0.25) is 33.8 Å². The Bertz CT molecular complexity index is 1770. The number of hydrogen-bond donors (Lipinski definition) is 4. The molecule has 3 fully saturated rings. The molecule has 5 atom stereocenters. The van der Waals surface area contributed by atoms with Crippen molar-refractivity contribution in [1.29, 1.82) is 0 Å². The van der Waals surface area contributed by atoms with Gasteiger partial charge in [0.1, 0.15) is 29.9 Å². The van der Waals surface area contributed by atoms with Crippen molar-refractivity contribution in [3.05, 3.63) is 47.5 Å². The first-order valence-electron chi connectivity index (χ1n) is 19.5. The van der Waals surface area contributed by atoms with Crippen molar-refractivity contribution in [2.75, 3.05) is 13.6 Å². The Hall–Kier alpha value is -5.35. The van der Waals surface area contributed by atoms with Crippen LogP contribution in [0.2, 0.25) is 0 Å². The Balaban J connectivity index is 1.42. The first-order valence-corrected chi connectivity index (χ1v) is 19.5. The van der Waals surface area contributed by atoms with Gasteiger partial charge in [0, 0.05) is 46.8 Å². The van der Waals surface area contributed by atoms with Crippen LogP contribution in [-0.2, 0) is 24.0 Å². The van der Waals surface area contributed by atoms with Gasteiger partial charge in [-0.05, 0) is 49.5 Å². The van der Waals surface area contributed by atoms with Gasteiger partial charge in [0.2, 0.25) is 23.5 Å². The molecule has 17 heteroatoms. The molecule has 3 heterocycles. The third-order valence-electron chi connectivity index (χ3n) is 10.4. The molecule has 0 radical (unpaired) electrons. The minimum Gasteiger partial charge on any atom is -0.468 e. The molecule has 56 heavy (non-hydrogen) atoms. The number of ketones is 1. The topological polar surface area (TPSA) is 222 Å². The molecular weight excluding hydrogens is 722 g/mol. The van der Waals surface area contributed by atoms with Crippen LogP contribution in [0.15, 0.2) is 36.9 Å². The summed E-state index contributed by atoms with van der Waals surface area (Å²) >= 11 is 0. The molecule has 0 aromatic carbocycles. The molecule has 302 valence electrons. The molecule has 2 aromatic heterocycles. The van der Waals surface area contributed by atoms with E-state index in [4.69, 9.17) is 4.74 Å². The van der Waals surface area contributed by atoms with Crippen LogP contribution in [0.3, 0.4) is 0 Å². The van der Waals surface area contributed by atoms with Crippen LogP contribution in [0.1, 0.15) is 102 Å². The quantitative estimate of drug-likeness (QED) is 0.143. The summed E-state index contributed by atoms with van der Waals surface area (Å²) < 4.78 is 6.76. The number of hydrogen-bond acceptors (Lipinski definition) is 11. The number of nitrogens with one attached hydrogen (secondary N) is 4. The van der Waals surface area contributed by atoms with Crippen molar-refractivity contribution in [3.63, 3.8) is 0 Å². The van der Waals surface area contributed by atoms with E-state index < -0.39 is 71.0 Å². The van der Waals surface area contributed by atoms with E-state index in [2.05, 4.69) is 36.2 Å². The molecule has 1 aliphatic heterocycles. The number of carbonyl (C=O) groups excluding carboxylic acids is 6. The number of pyridine rings is 1. The van der Waals surface area contributed by atoms with Gasteiger partial charge >= 0.3 is 5.69 Å². The second-order valence-corrected chi connectivity index (χ2v) is 16.0. The summed E-state index contributed by atoms with van der Waals surface area (Å²) in [5.74, 6) is -4.12. The fourth-order valence-electron chi connectivity index (χ4n) is 7.26. The SMILES string of the molecule is CCCC(NC(=O)C1C[C@H](Oc2ncccc2[N+](C)=O)CN1C(=O)C(NC(=O)C(NC(=O)c1cnccn1)C1CCCCC1)C(C)(C)C)C(=O)C(=O)NC1CC1. The summed E-state index contributed by atoms with van der Waals surface area (Å²) in [4.78, 5) is 108. The number of Topliss-reactive ketones (excluding diaryl/α,β-unsaturated/α-hetero) is 1. The van der Waals surface area contributed by atoms with Gasteiger partial charge in [0.05, 0.1) is 18.8 Å². The second kappa shape index (κ2) is 18.5. The fourth-order valence-corrected chi connectivity index (χ4v) is 7.26. The summed E-state index contributed by atoms with van der Waals surface area (Å²) in [6.45, 7) is 7.04. The molecule has 17 nitrogen and oxygen atoms in total. The molecule has 2 saturated carbocycles. The highest BCUT2D eigenvalue weighted by Crippen LogP contribution is 2.32. The Morgan fingerprint density at radius 2 is 1.70 bits per heavy atom. The lowest BCUT2D eigenvalue weighted by Crippen LogP contribution is -2.62. The summed E-state index contributed by atoms with van der Waals surface area (Å²) in [7, 11) is 1.29. The summed E-state index contributed by atoms with van der Waals surface area (Å²) in [6, 6.07) is -1.43. The van der Waals surface area contributed by atoms with Gasteiger partial charge in [0.15, 0.2) is 7.05 Å². The molecule has 2 aliphatic carbocycles. The Morgan fingerprint density at radius 3 is 2.32 bits per heavy atom. The van der Waals surface area contributed by atoms with Crippen LogP contribution in [0.5, 0.6) is 5.88 Å². The monoisotopic (exact) mass is 776 g/mol. The Morgan fingerprint density at radius 1 is 0.964 bits per heavy atom. The average molecular weight is 777 g/mol. The summed E-state index contributed by atoms with van der Waals surface area (Å²) in [5.41, 5.74) is -0.698. The van der Waals surface area contributed by atoms with E-state index in [0.29, 0.717) is 24.0 Å². The lowest BCUT2D eigenvalue weighted by atomic mass is 9.82. The van der Waals surface area contributed by atoms with Gasteiger partial charge in [-0.2, -0.15) is 0 Å². The van der Waals surface area contributed by atoms with Crippen molar-refractivity contribution in [1.82, 2.24) is 41.1 Å². The van der Waals surface area contributed by atoms with Crippen molar-refractivity contribution in [2.24, 2.45) is 11.3 Å². The second-order valence-electron chi connectivity index (χ2n) is 16.0. The molecular formula is C39H54N9O8+. The largest absolute Gasteiger partial charge is 0.468 e. The normalized spacial score (nSPS) is 20.2. The Kier molecular flexibility index (Phi) is 13.8. The minimum atomic E-state index is -1.18. The van der Waals surface area contributed by atoms with E-state index in [1.54, 1.807) is 26.8 Å². The number of ether oxygens (including phenoxy) is 1. The smallest absolute Gasteiger partial charge is 0.317 e. The first kappa shape index (κ1) is 41.8. The fraction of sp³-hybridized carbons (Fsp3) is 0.615. The molecule has 0 spiro atoms. The molecule has 4 N–H and O–H groups in total. The van der Waals surface area contributed by atoms with Crippen LogP contribution in [-0.4, -0.2) is 110 Å². The zero-order valence-corrected chi connectivity index (χ0v) is 32.8. The number of nitroso groups, excluding NO2 is 1. The third kappa shape index (κ3) is 10.7. The molecule has 4 unspecified atom stereocenters. The molecule has 3 aliphatic rings. The number of nitrogens with zero attached hydrogens (tertiary/aromatic N) is 5. The highest BCUT2D eigenvalue weighted by Gasteiger charge is 2.48. The molecule has 0 bridgehead atoms. The predicted molar refractivity (Wildman–Crippen MR) is 202 cm³/mol. The number of amides is 5. The number of rotatable bonds is 16. The first-order chi connectivity index (χ1) is 26.7. The van der Waals surface area contributed by atoms with Gasteiger partial charge in [-0.25, -0.2) is 9.97 Å². The standard InChI is InChI=1S/C39H53N9O8/c1-6-11-26(31(49)36(53)43-24-15-16-24)44-34(51)29-20-25(56-37-28(47(5)55)14-10-17-42-37)22-48(29)38(54)32(39(2,3)4)46-35(52)30(23-12-8-7-9-13-23)45-33(50)27-21-40-18-19-41-27/h10,14,17-19,21,23-26,29-30,32H,6-9,11-13,15-16,20,22H2,1-5H3,(H3-,43,44,45,46,50,51,52,53)/p+1/t25-,26?,29?,30?,32?/m0/s1. The third-order valence-corrected chi connectivity index (χ3v) is 10.4. The van der Waals surface area contributed by atoms with Crippen LogP contribution >= 0.6 is 0 Å². The van der Waals surface area contributed by atoms with Crippen LogP contribution in [0, 0.1) is 16.2 Å². The maximum atomic E-state index is 14.8. The number of likely N-dealkylation sites (tertiary alicyclic amines) is 1. The maximum Gasteiger partial charge on any atom is 0.317 e. The zero-order chi connectivity index (χ0) is 40.6. The predicted octanol–water partition coefficient (Wildman–Crippen LogP) is 2.30. The number of carbonyl (C=O) groups is 6. The highest BCUT2D eigenvalue weighted by molar-refractivity contribution is 6.38. The van der Waals surface area contributed by atoms with E-state index in [9.17, 15) is 33.7 Å². The highest BCUT2D eigenvalue weighted by atomic mass is 16.5. The summed E-state index contributed by atoms with van der Waals surface area (Å²) in [6.07, 6.45) is 11.1. The van der Waals surface area contributed by atoms with E-state index in [1.807, 2.05) is 6.92 Å². The van der Waals surface area contributed by atoms with Crippen LogP contribution in [0.4, 0.5) is 5.69 Å². The van der Waals surface area contributed by atoms with Crippen LogP contribution < -0.4 is 26.0 Å². The van der Waals surface area contributed by atoms with Crippen molar-refractivity contribution in [3.8, 4) is 5.88 Å². The van der Waals surface area contributed by atoms with E-state index in [-0.39, 0.29) is 48.6 Å². The summed E-state index contributed by atoms with van der Waals surface area (Å²) in [5, 5.41) is 11.2. The van der Waals surface area contributed by atoms with Gasteiger partial charge in [-0.1, -0.05) is 53.4 Å². The zero-order valence-electron chi connectivity index (χ0n) is 32.8. The lowest BCUT2D eigenvalue weighted by Gasteiger charge is -2.37. The number of aromatic nitrogens is 3. The van der Waals surface area contributed by atoms with Gasteiger partial charge in [-0.15, -0.1) is 0 Å². The van der Waals surface area contributed by atoms with Gasteiger partial charge < -0.3 is 30.9 Å². The molecule has 2 aromatic rings. The molecule has 1 saturated heterocycles. The van der Waals surface area contributed by atoms with Crippen molar-refractivity contribution in [2.45, 2.75) is 128 Å². The van der Waals surface area contributed by atoms with E-state index in [1.165, 1.54) is 42.8 Å². The molecule has 5 rings (SSSR count). The van der Waals surface area contributed by atoms with Gasteiger partial charge in [0.25, 0.3) is 17.7 Å². The maximum absolute atomic E-state index is 14.8. The van der Waals surface area contributed by atoms with E-state index in [0.717, 1.165) is 32.1 Å². The minimum absolute atomic E-state index is 0.00841. The Labute approximate surface area is 326 Å². The average Bonchev–Trinajstić information content (AvgIpc) is 3.90. The van der Waals surface area contributed by atoms with E-state index >= 15 is 0 Å². The van der Waals surface area contributed by atoms with Crippen molar-refractivity contribution >= 4 is 41.0 Å². The molecule has 5 amide bonds. The van der Waals surface area contributed by atoms with Crippen LogP contribution in [0.25, 0.3) is 0 Å². The van der Waals surface area contributed by atoms with Crippen molar-refractivity contribution < 1.29 is 38.3 Å².